The Morgan fingerprint density at radius 3 is 2.28 bits per heavy atom. The summed E-state index contributed by atoms with van der Waals surface area (Å²) < 4.78 is 0. The zero-order valence-electron chi connectivity index (χ0n) is 12.7. The molecule has 1 aromatic rings. The van der Waals surface area contributed by atoms with Gasteiger partial charge in [-0.3, -0.25) is 0 Å². The quantitative estimate of drug-likeness (QED) is 0.598. The van der Waals surface area contributed by atoms with Crippen molar-refractivity contribution < 1.29 is 0 Å². The van der Waals surface area contributed by atoms with Crippen molar-refractivity contribution in [2.75, 3.05) is 0 Å². The van der Waals surface area contributed by atoms with E-state index in [-0.39, 0.29) is 0 Å². The second-order valence-corrected chi connectivity index (χ2v) is 4.62. The van der Waals surface area contributed by atoms with Crippen molar-refractivity contribution in [1.82, 2.24) is 0 Å². The smallest absolute Gasteiger partial charge is 0.0193 e. The molecule has 0 bridgehead atoms. The number of hydrogen-bond acceptors (Lipinski definition) is 0. The highest BCUT2D eigenvalue weighted by Crippen LogP contribution is 2.32. The second-order valence-electron chi connectivity index (χ2n) is 4.62. The molecule has 0 fully saturated rings. The van der Waals surface area contributed by atoms with E-state index in [1.54, 1.807) is 5.56 Å². The first-order chi connectivity index (χ1) is 8.66. The largest absolute Gasteiger partial charge is 0.0870 e. The minimum absolute atomic E-state index is 1.19. The Morgan fingerprint density at radius 1 is 1.00 bits per heavy atom. The molecule has 0 saturated heterocycles. The van der Waals surface area contributed by atoms with Crippen LogP contribution >= 0.6 is 0 Å². The average Bonchev–Trinajstić information content (AvgIpc) is 2.43. The van der Waals surface area contributed by atoms with E-state index in [4.69, 9.17) is 0 Å². The number of rotatable bonds is 1. The third-order valence-electron chi connectivity index (χ3n) is 3.73. The fourth-order valence-corrected chi connectivity index (χ4v) is 2.67. The van der Waals surface area contributed by atoms with Crippen LogP contribution in [0.2, 0.25) is 0 Å². The van der Waals surface area contributed by atoms with Crippen LogP contribution in [0.3, 0.4) is 0 Å². The minimum Gasteiger partial charge on any atom is -0.0870 e. The summed E-state index contributed by atoms with van der Waals surface area (Å²) in [7, 11) is 0. The number of allylic oxidation sites excluding steroid dienone is 2. The van der Waals surface area contributed by atoms with Crippen molar-refractivity contribution in [2.24, 2.45) is 0 Å². The molecule has 0 saturated carbocycles. The maximum absolute atomic E-state index is 2.30. The molecule has 0 spiro atoms. The van der Waals surface area contributed by atoms with Gasteiger partial charge in [-0.05, 0) is 73.9 Å². The van der Waals surface area contributed by atoms with Crippen LogP contribution < -0.4 is 0 Å². The van der Waals surface area contributed by atoms with Gasteiger partial charge in [0.25, 0.3) is 0 Å². The Morgan fingerprint density at radius 2 is 1.67 bits per heavy atom. The molecule has 0 unspecified atom stereocenters. The van der Waals surface area contributed by atoms with E-state index >= 15 is 0 Å². The Hall–Kier alpha value is -1.30. The summed E-state index contributed by atoms with van der Waals surface area (Å²) in [5.74, 6) is 0. The molecule has 0 nitrogen and oxygen atoms in total. The lowest BCUT2D eigenvalue weighted by Crippen LogP contribution is -2.05. The van der Waals surface area contributed by atoms with E-state index in [1.807, 2.05) is 13.8 Å². The highest BCUT2D eigenvalue weighted by molar-refractivity contribution is 5.71. The molecule has 1 aliphatic carbocycles. The van der Waals surface area contributed by atoms with Crippen LogP contribution in [0.25, 0.3) is 12.2 Å². The zero-order valence-corrected chi connectivity index (χ0v) is 12.7. The molecule has 0 N–H and O–H groups in total. The summed E-state index contributed by atoms with van der Waals surface area (Å²) in [4.78, 5) is 0. The van der Waals surface area contributed by atoms with Crippen LogP contribution in [0.15, 0.2) is 12.2 Å². The number of hydrogen-bond donors (Lipinski definition) is 0. The SMILES string of the molecule is C/C=C\c1c(C)c(C)c2c(c1C)CCC=C2.CC. The monoisotopic (exact) mass is 242 g/mol. The molecular weight excluding hydrogens is 216 g/mol. The molecule has 1 aliphatic rings. The fourth-order valence-electron chi connectivity index (χ4n) is 2.67. The normalized spacial score (nSPS) is 13.2. The second kappa shape index (κ2) is 6.58. The van der Waals surface area contributed by atoms with Gasteiger partial charge in [0.05, 0.1) is 0 Å². The van der Waals surface area contributed by atoms with E-state index in [2.05, 4.69) is 52.0 Å². The third kappa shape index (κ3) is 2.58. The van der Waals surface area contributed by atoms with Crippen molar-refractivity contribution in [1.29, 1.82) is 0 Å². The first-order valence-corrected chi connectivity index (χ1v) is 7.08. The van der Waals surface area contributed by atoms with Crippen LogP contribution in [-0.4, -0.2) is 0 Å². The van der Waals surface area contributed by atoms with Gasteiger partial charge in [0.1, 0.15) is 0 Å². The molecule has 1 aromatic carbocycles. The van der Waals surface area contributed by atoms with Gasteiger partial charge in [-0.15, -0.1) is 0 Å². The maximum atomic E-state index is 2.30. The van der Waals surface area contributed by atoms with E-state index in [1.165, 1.54) is 40.7 Å². The summed E-state index contributed by atoms with van der Waals surface area (Å²) >= 11 is 0. The molecule has 18 heavy (non-hydrogen) atoms. The van der Waals surface area contributed by atoms with E-state index in [0.29, 0.717) is 0 Å². The first kappa shape index (κ1) is 14.8. The highest BCUT2D eigenvalue weighted by atomic mass is 14.2. The highest BCUT2D eigenvalue weighted by Gasteiger charge is 2.15. The standard InChI is InChI=1S/C16H20.C2H6/c1-5-8-14-11(2)12(3)15-9-6-7-10-16(15)13(14)4;1-2/h5-6,8-9H,7,10H2,1-4H3;1-2H3/b8-5-;. The topological polar surface area (TPSA) is 0 Å². The maximum Gasteiger partial charge on any atom is -0.0193 e. The van der Waals surface area contributed by atoms with Gasteiger partial charge >= 0.3 is 0 Å². The molecule has 0 heteroatoms. The van der Waals surface area contributed by atoms with Crippen molar-refractivity contribution in [3.63, 3.8) is 0 Å². The van der Waals surface area contributed by atoms with Crippen molar-refractivity contribution in [3.05, 3.63) is 45.5 Å². The van der Waals surface area contributed by atoms with E-state index in [0.717, 1.165) is 0 Å². The van der Waals surface area contributed by atoms with Gasteiger partial charge in [-0.1, -0.05) is 38.2 Å². The van der Waals surface area contributed by atoms with Gasteiger partial charge in [0.2, 0.25) is 0 Å². The number of benzene rings is 1. The Kier molecular flexibility index (Phi) is 5.40. The summed E-state index contributed by atoms with van der Waals surface area (Å²) in [5.41, 5.74) is 8.80. The predicted octanol–water partition coefficient (Wildman–Crippen LogP) is 5.63. The molecule has 0 atom stereocenters. The summed E-state index contributed by atoms with van der Waals surface area (Å²) in [6.07, 6.45) is 11.4. The van der Waals surface area contributed by atoms with Crippen LogP contribution in [0.1, 0.15) is 60.6 Å². The van der Waals surface area contributed by atoms with Crippen molar-refractivity contribution in [2.45, 2.75) is 54.4 Å². The lowest BCUT2D eigenvalue weighted by molar-refractivity contribution is 0.960. The summed E-state index contributed by atoms with van der Waals surface area (Å²) in [6, 6.07) is 0. The Bertz CT molecular complexity index is 471. The molecule has 0 radical (unpaired) electrons. The van der Waals surface area contributed by atoms with Gasteiger partial charge in [0, 0.05) is 0 Å². The Balaban J connectivity index is 0.000000771. The van der Waals surface area contributed by atoms with Crippen molar-refractivity contribution >= 4 is 12.2 Å². The molecule has 0 amide bonds. The van der Waals surface area contributed by atoms with Crippen LogP contribution in [0, 0.1) is 20.8 Å². The lowest BCUT2D eigenvalue weighted by Gasteiger charge is -2.21. The minimum atomic E-state index is 1.19. The van der Waals surface area contributed by atoms with Crippen LogP contribution in [-0.2, 0) is 6.42 Å². The van der Waals surface area contributed by atoms with Crippen LogP contribution in [0.4, 0.5) is 0 Å². The van der Waals surface area contributed by atoms with Gasteiger partial charge < -0.3 is 0 Å². The predicted molar refractivity (Wildman–Crippen MR) is 84.1 cm³/mol. The van der Waals surface area contributed by atoms with Gasteiger partial charge in [-0.2, -0.15) is 0 Å². The average molecular weight is 242 g/mol. The summed E-state index contributed by atoms with van der Waals surface area (Å²) in [6.45, 7) is 12.8. The molecule has 2 rings (SSSR count). The van der Waals surface area contributed by atoms with Gasteiger partial charge in [0.15, 0.2) is 0 Å². The fraction of sp³-hybridized carbons (Fsp3) is 0.444. The molecule has 0 aromatic heterocycles. The molecule has 0 aliphatic heterocycles. The van der Waals surface area contributed by atoms with Crippen molar-refractivity contribution in [3.8, 4) is 0 Å². The zero-order chi connectivity index (χ0) is 13.7. The molecule has 0 heterocycles. The lowest BCUT2D eigenvalue weighted by atomic mass is 9.84. The van der Waals surface area contributed by atoms with Crippen LogP contribution in [0.5, 0.6) is 0 Å². The van der Waals surface area contributed by atoms with E-state index < -0.39 is 0 Å². The first-order valence-electron chi connectivity index (χ1n) is 7.08. The molecule has 98 valence electrons. The third-order valence-corrected chi connectivity index (χ3v) is 3.73. The van der Waals surface area contributed by atoms with E-state index in [9.17, 15) is 0 Å². The molecular formula is C18H26. The van der Waals surface area contributed by atoms with Gasteiger partial charge in [-0.25, -0.2) is 0 Å². The number of fused-ring (bicyclic) bond motifs is 1. The Labute approximate surface area is 112 Å². The summed E-state index contributed by atoms with van der Waals surface area (Å²) in [5, 5.41) is 0.